The predicted octanol–water partition coefficient (Wildman–Crippen LogP) is 6.16. The molecule has 36 heavy (non-hydrogen) atoms. The van der Waals surface area contributed by atoms with Crippen molar-refractivity contribution in [2.75, 3.05) is 23.3 Å². The van der Waals surface area contributed by atoms with Crippen LogP contribution in [0.3, 0.4) is 0 Å². The van der Waals surface area contributed by atoms with Gasteiger partial charge in [0.15, 0.2) is 0 Å². The van der Waals surface area contributed by atoms with E-state index in [9.17, 15) is 18.4 Å². The van der Waals surface area contributed by atoms with Crippen molar-refractivity contribution in [2.24, 2.45) is 0 Å². The highest BCUT2D eigenvalue weighted by molar-refractivity contribution is 5.62. The number of hydrogen-bond acceptors (Lipinski definition) is 6. The van der Waals surface area contributed by atoms with Gasteiger partial charge in [0.25, 0.3) is 0 Å². The summed E-state index contributed by atoms with van der Waals surface area (Å²) in [5.41, 5.74) is 2.13. The van der Waals surface area contributed by atoms with Gasteiger partial charge in [-0.15, -0.1) is 0 Å². The third-order valence-corrected chi connectivity index (χ3v) is 6.42. The van der Waals surface area contributed by atoms with Crippen LogP contribution in [0.1, 0.15) is 61.8 Å². The summed E-state index contributed by atoms with van der Waals surface area (Å²) < 4.78 is 40.9. The van der Waals surface area contributed by atoms with Gasteiger partial charge in [-0.3, -0.25) is 0 Å². The first-order valence-corrected chi connectivity index (χ1v) is 12.0. The number of halogens is 3. The molecule has 2 aromatic heterocycles. The number of alkyl halides is 3. The normalized spacial score (nSPS) is 14.2. The number of nitriles is 1. The van der Waals surface area contributed by atoms with Crippen molar-refractivity contribution in [1.82, 2.24) is 15.0 Å². The minimum absolute atomic E-state index is 0.0555. The molecule has 0 atom stereocenters. The zero-order valence-corrected chi connectivity index (χ0v) is 20.8. The quantitative estimate of drug-likeness (QED) is 0.458. The van der Waals surface area contributed by atoms with Crippen molar-refractivity contribution in [3.05, 3.63) is 70.8 Å². The first-order valence-electron chi connectivity index (χ1n) is 12.0. The summed E-state index contributed by atoms with van der Waals surface area (Å²) in [6.07, 6.45) is -2.13. The fourth-order valence-electron chi connectivity index (χ4n) is 4.23. The summed E-state index contributed by atoms with van der Waals surface area (Å²) in [6.45, 7) is 8.49. The summed E-state index contributed by atoms with van der Waals surface area (Å²) in [5.74, 6) is 1.37. The molecule has 6 nitrogen and oxygen atoms in total. The van der Waals surface area contributed by atoms with Gasteiger partial charge in [0, 0.05) is 42.9 Å². The number of pyridine rings is 1. The Morgan fingerprint density at radius 3 is 2.36 bits per heavy atom. The molecule has 0 bridgehead atoms. The van der Waals surface area contributed by atoms with Gasteiger partial charge < -0.3 is 10.2 Å². The average molecular weight is 495 g/mol. The molecule has 0 saturated carbocycles. The SMILES string of the molecule is CC(C)c1nc2c(c(Nc3ccc(C(C)(C)C#N)cc3)n1)CCN(c1ncccc1C(F)(F)F)CC2. The Morgan fingerprint density at radius 1 is 1.03 bits per heavy atom. The highest BCUT2D eigenvalue weighted by Crippen LogP contribution is 2.36. The van der Waals surface area contributed by atoms with E-state index >= 15 is 0 Å². The predicted molar refractivity (Wildman–Crippen MR) is 133 cm³/mol. The summed E-state index contributed by atoms with van der Waals surface area (Å²) in [4.78, 5) is 15.3. The Balaban J connectivity index is 1.66. The molecular formula is C27H29F3N6. The summed E-state index contributed by atoms with van der Waals surface area (Å²) in [6, 6.07) is 12.3. The Labute approximate surface area is 209 Å². The number of nitrogens with one attached hydrogen (secondary N) is 1. The van der Waals surface area contributed by atoms with Crippen molar-refractivity contribution < 1.29 is 13.2 Å². The van der Waals surface area contributed by atoms with Gasteiger partial charge in [-0.1, -0.05) is 26.0 Å². The highest BCUT2D eigenvalue weighted by atomic mass is 19.4. The molecule has 0 amide bonds. The van der Waals surface area contributed by atoms with Crippen LogP contribution >= 0.6 is 0 Å². The highest BCUT2D eigenvalue weighted by Gasteiger charge is 2.36. The zero-order chi connectivity index (χ0) is 26.1. The van der Waals surface area contributed by atoms with Crippen molar-refractivity contribution in [1.29, 1.82) is 5.26 Å². The maximum Gasteiger partial charge on any atom is 0.419 e. The topological polar surface area (TPSA) is 77.7 Å². The van der Waals surface area contributed by atoms with E-state index in [1.165, 1.54) is 12.3 Å². The lowest BCUT2D eigenvalue weighted by molar-refractivity contribution is -0.137. The molecule has 0 saturated heterocycles. The van der Waals surface area contributed by atoms with Crippen LogP contribution in [0.5, 0.6) is 0 Å². The molecule has 4 rings (SSSR count). The van der Waals surface area contributed by atoms with Crippen LogP contribution in [0.15, 0.2) is 42.6 Å². The van der Waals surface area contributed by atoms with Gasteiger partial charge in [0.1, 0.15) is 17.5 Å². The standard InChI is InChI=1S/C27H29F3N6/c1-17(2)23-34-22-12-15-36(25-21(27(28,29)30)6-5-13-32-25)14-11-20(22)24(35-23)33-19-9-7-18(8-10-19)26(3,4)16-31/h5-10,13,17H,11-12,14-15H2,1-4H3,(H,33,34,35). The molecular weight excluding hydrogens is 465 g/mol. The van der Waals surface area contributed by atoms with Crippen LogP contribution in [-0.2, 0) is 24.4 Å². The first kappa shape index (κ1) is 25.4. The van der Waals surface area contributed by atoms with Crippen molar-refractivity contribution in [2.45, 2.75) is 58.0 Å². The molecule has 0 unspecified atom stereocenters. The smallest absolute Gasteiger partial charge is 0.355 e. The molecule has 0 fully saturated rings. The van der Waals surface area contributed by atoms with E-state index < -0.39 is 17.2 Å². The van der Waals surface area contributed by atoms with E-state index in [-0.39, 0.29) is 11.7 Å². The molecule has 3 heterocycles. The third kappa shape index (κ3) is 5.27. The first-order chi connectivity index (χ1) is 17.0. The number of nitrogens with zero attached hydrogens (tertiary/aromatic N) is 5. The maximum absolute atomic E-state index is 13.6. The Kier molecular flexibility index (Phi) is 6.90. The summed E-state index contributed by atoms with van der Waals surface area (Å²) in [5, 5.41) is 12.8. The molecule has 0 radical (unpaired) electrons. The number of benzene rings is 1. The van der Waals surface area contributed by atoms with Crippen LogP contribution in [0.4, 0.5) is 30.5 Å². The average Bonchev–Trinajstić information content (AvgIpc) is 3.07. The lowest BCUT2D eigenvalue weighted by Crippen LogP contribution is -2.29. The van der Waals surface area contributed by atoms with E-state index in [0.29, 0.717) is 37.6 Å². The van der Waals surface area contributed by atoms with E-state index in [2.05, 4.69) is 16.4 Å². The molecule has 1 aliphatic rings. The van der Waals surface area contributed by atoms with Gasteiger partial charge >= 0.3 is 6.18 Å². The lowest BCUT2D eigenvalue weighted by atomic mass is 9.86. The molecule has 1 N–H and O–H groups in total. The Bertz CT molecular complexity index is 1280. The van der Waals surface area contributed by atoms with Gasteiger partial charge in [-0.25, -0.2) is 15.0 Å². The van der Waals surface area contributed by atoms with Gasteiger partial charge in [-0.2, -0.15) is 18.4 Å². The van der Waals surface area contributed by atoms with Crippen LogP contribution in [-0.4, -0.2) is 28.0 Å². The summed E-state index contributed by atoms with van der Waals surface area (Å²) in [7, 11) is 0. The van der Waals surface area contributed by atoms with Crippen LogP contribution < -0.4 is 10.2 Å². The van der Waals surface area contributed by atoms with Gasteiger partial charge in [0.2, 0.25) is 0 Å². The molecule has 0 aliphatic carbocycles. The van der Waals surface area contributed by atoms with Crippen molar-refractivity contribution in [3.8, 4) is 6.07 Å². The monoisotopic (exact) mass is 494 g/mol. The number of fused-ring (bicyclic) bond motifs is 1. The Hall–Kier alpha value is -3.67. The fraction of sp³-hybridized carbons (Fsp3) is 0.407. The number of rotatable bonds is 5. The zero-order valence-electron chi connectivity index (χ0n) is 20.8. The number of aromatic nitrogens is 3. The Morgan fingerprint density at radius 2 is 1.72 bits per heavy atom. The van der Waals surface area contributed by atoms with Crippen LogP contribution in [0.2, 0.25) is 0 Å². The number of hydrogen-bond donors (Lipinski definition) is 1. The lowest BCUT2D eigenvalue weighted by Gasteiger charge is -2.24. The molecule has 188 valence electrons. The van der Waals surface area contributed by atoms with Crippen molar-refractivity contribution in [3.63, 3.8) is 0 Å². The van der Waals surface area contributed by atoms with E-state index in [1.54, 1.807) is 4.90 Å². The van der Waals surface area contributed by atoms with Crippen molar-refractivity contribution >= 4 is 17.3 Å². The summed E-state index contributed by atoms with van der Waals surface area (Å²) >= 11 is 0. The molecule has 1 aromatic carbocycles. The molecule has 9 heteroatoms. The van der Waals surface area contributed by atoms with Gasteiger partial charge in [-0.05, 0) is 50.1 Å². The minimum atomic E-state index is -4.48. The van der Waals surface area contributed by atoms with E-state index in [4.69, 9.17) is 9.97 Å². The third-order valence-electron chi connectivity index (χ3n) is 6.42. The second-order valence-corrected chi connectivity index (χ2v) is 9.81. The van der Waals surface area contributed by atoms with E-state index in [1.807, 2.05) is 52.0 Å². The van der Waals surface area contributed by atoms with Crippen LogP contribution in [0.25, 0.3) is 0 Å². The van der Waals surface area contributed by atoms with Crippen LogP contribution in [0, 0.1) is 11.3 Å². The second kappa shape index (κ2) is 9.76. The van der Waals surface area contributed by atoms with E-state index in [0.717, 1.165) is 28.6 Å². The minimum Gasteiger partial charge on any atom is -0.355 e. The molecule has 1 aliphatic heterocycles. The molecule has 0 spiro atoms. The fourth-order valence-corrected chi connectivity index (χ4v) is 4.23. The maximum atomic E-state index is 13.6. The number of anilines is 3. The second-order valence-electron chi connectivity index (χ2n) is 9.81. The van der Waals surface area contributed by atoms with Gasteiger partial charge in [0.05, 0.1) is 22.7 Å². The molecule has 3 aromatic rings. The largest absolute Gasteiger partial charge is 0.419 e.